The van der Waals surface area contributed by atoms with E-state index in [9.17, 15) is 0 Å². The summed E-state index contributed by atoms with van der Waals surface area (Å²) in [6.45, 7) is 8.02. The summed E-state index contributed by atoms with van der Waals surface area (Å²) < 4.78 is 0. The summed E-state index contributed by atoms with van der Waals surface area (Å²) >= 11 is 2.17. The van der Waals surface area contributed by atoms with Gasteiger partial charge in [0.15, 0.2) is 0 Å². The first-order chi connectivity index (χ1) is 6.52. The molecule has 0 aromatic carbocycles. The Labute approximate surface area is 92.4 Å². The van der Waals surface area contributed by atoms with Crippen LogP contribution in [-0.2, 0) is 0 Å². The maximum absolute atomic E-state index is 3.65. The zero-order valence-corrected chi connectivity index (χ0v) is 10.5. The number of rotatable bonds is 2. The van der Waals surface area contributed by atoms with Crippen LogP contribution in [0.25, 0.3) is 0 Å². The van der Waals surface area contributed by atoms with Crippen LogP contribution < -0.4 is 5.32 Å². The smallest absolute Gasteiger partial charge is 0.00966 e. The molecule has 0 radical (unpaired) electrons. The molecule has 1 spiro atoms. The van der Waals surface area contributed by atoms with Gasteiger partial charge in [0.25, 0.3) is 0 Å². The highest BCUT2D eigenvalue weighted by atomic mass is 32.2. The molecule has 14 heavy (non-hydrogen) atoms. The van der Waals surface area contributed by atoms with Gasteiger partial charge in [0.1, 0.15) is 0 Å². The summed E-state index contributed by atoms with van der Waals surface area (Å²) in [6.07, 6.45) is 4.44. The van der Waals surface area contributed by atoms with E-state index in [0.717, 1.165) is 11.3 Å². The second-order valence-corrected chi connectivity index (χ2v) is 7.16. The Balaban J connectivity index is 1.75. The Morgan fingerprint density at radius 3 is 2.79 bits per heavy atom. The summed E-state index contributed by atoms with van der Waals surface area (Å²) in [5, 5.41) is 3.65. The van der Waals surface area contributed by atoms with E-state index < -0.39 is 0 Å². The molecule has 0 amide bonds. The zero-order valence-electron chi connectivity index (χ0n) is 9.73. The Morgan fingerprint density at radius 2 is 2.21 bits per heavy atom. The van der Waals surface area contributed by atoms with Crippen LogP contribution >= 0.6 is 11.8 Å². The maximum atomic E-state index is 3.65. The van der Waals surface area contributed by atoms with Crippen molar-refractivity contribution in [2.24, 2.45) is 11.3 Å². The van der Waals surface area contributed by atoms with Crippen LogP contribution in [0.15, 0.2) is 0 Å². The van der Waals surface area contributed by atoms with Crippen LogP contribution in [0.4, 0.5) is 0 Å². The molecular formula is C12H23NS. The predicted molar refractivity (Wildman–Crippen MR) is 64.9 cm³/mol. The highest BCUT2D eigenvalue weighted by Crippen LogP contribution is 2.59. The van der Waals surface area contributed by atoms with Crippen molar-refractivity contribution >= 4 is 11.8 Å². The van der Waals surface area contributed by atoms with Gasteiger partial charge in [-0.1, -0.05) is 0 Å². The SMILES string of the molecule is CC(C)(C)NCC1CC12CCCSC2. The highest BCUT2D eigenvalue weighted by molar-refractivity contribution is 7.99. The fraction of sp³-hybridized carbons (Fsp3) is 1.00. The molecule has 2 heteroatoms. The van der Waals surface area contributed by atoms with Crippen molar-refractivity contribution in [3.63, 3.8) is 0 Å². The Bertz CT molecular complexity index is 201. The molecule has 2 atom stereocenters. The van der Waals surface area contributed by atoms with Gasteiger partial charge in [-0.05, 0) is 69.4 Å². The van der Waals surface area contributed by atoms with Crippen molar-refractivity contribution in [2.45, 2.75) is 45.6 Å². The highest BCUT2D eigenvalue weighted by Gasteiger charge is 2.53. The Kier molecular flexibility index (Phi) is 2.87. The third kappa shape index (κ3) is 2.46. The minimum atomic E-state index is 0.297. The monoisotopic (exact) mass is 213 g/mol. The van der Waals surface area contributed by atoms with Gasteiger partial charge >= 0.3 is 0 Å². The second-order valence-electron chi connectivity index (χ2n) is 6.05. The summed E-state index contributed by atoms with van der Waals surface area (Å²) in [5.74, 6) is 3.82. The van der Waals surface area contributed by atoms with Crippen molar-refractivity contribution in [1.82, 2.24) is 5.32 Å². The maximum Gasteiger partial charge on any atom is 0.00966 e. The Morgan fingerprint density at radius 1 is 1.43 bits per heavy atom. The molecule has 0 aromatic rings. The van der Waals surface area contributed by atoms with Crippen LogP contribution in [0, 0.1) is 11.3 Å². The van der Waals surface area contributed by atoms with Crippen LogP contribution in [-0.4, -0.2) is 23.6 Å². The van der Waals surface area contributed by atoms with Crippen LogP contribution in [0.1, 0.15) is 40.0 Å². The lowest BCUT2D eigenvalue weighted by Gasteiger charge is -2.25. The topological polar surface area (TPSA) is 12.0 Å². The van der Waals surface area contributed by atoms with E-state index in [1.54, 1.807) is 0 Å². The number of nitrogens with one attached hydrogen (secondary N) is 1. The fourth-order valence-electron chi connectivity index (χ4n) is 2.51. The molecule has 1 aliphatic heterocycles. The minimum absolute atomic E-state index is 0.297. The lowest BCUT2D eigenvalue weighted by atomic mass is 9.99. The minimum Gasteiger partial charge on any atom is -0.312 e. The first kappa shape index (κ1) is 10.8. The quantitative estimate of drug-likeness (QED) is 0.757. The summed E-state index contributed by atoms with van der Waals surface area (Å²) in [5.41, 5.74) is 1.06. The van der Waals surface area contributed by atoms with Gasteiger partial charge in [0.05, 0.1) is 0 Å². The van der Waals surface area contributed by atoms with Gasteiger partial charge in [-0.3, -0.25) is 0 Å². The summed E-state index contributed by atoms with van der Waals surface area (Å²) in [4.78, 5) is 0. The van der Waals surface area contributed by atoms with E-state index in [-0.39, 0.29) is 0 Å². The van der Waals surface area contributed by atoms with E-state index in [1.165, 1.54) is 37.3 Å². The number of hydrogen-bond donors (Lipinski definition) is 1. The zero-order chi connectivity index (χ0) is 10.2. The van der Waals surface area contributed by atoms with Crippen molar-refractivity contribution in [3.05, 3.63) is 0 Å². The second kappa shape index (κ2) is 3.71. The van der Waals surface area contributed by atoms with Crippen LogP contribution in [0.5, 0.6) is 0 Å². The summed E-state index contributed by atoms with van der Waals surface area (Å²) in [6, 6.07) is 0. The Hall–Kier alpha value is 0.310. The summed E-state index contributed by atoms with van der Waals surface area (Å²) in [7, 11) is 0. The molecule has 2 aliphatic rings. The number of hydrogen-bond acceptors (Lipinski definition) is 2. The molecule has 1 saturated carbocycles. The average Bonchev–Trinajstić information content (AvgIpc) is 2.76. The van der Waals surface area contributed by atoms with E-state index >= 15 is 0 Å². The van der Waals surface area contributed by atoms with Gasteiger partial charge in [-0.2, -0.15) is 11.8 Å². The van der Waals surface area contributed by atoms with Gasteiger partial charge in [-0.15, -0.1) is 0 Å². The van der Waals surface area contributed by atoms with Gasteiger partial charge in [-0.25, -0.2) is 0 Å². The molecular weight excluding hydrogens is 190 g/mol. The standard InChI is InChI=1S/C12H23NS/c1-11(2,3)13-8-10-7-12(10)5-4-6-14-9-12/h10,13H,4-9H2,1-3H3. The van der Waals surface area contributed by atoms with E-state index in [2.05, 4.69) is 37.8 Å². The molecule has 1 heterocycles. The molecule has 2 fully saturated rings. The lowest BCUT2D eigenvalue weighted by molar-refractivity contribution is 0.378. The van der Waals surface area contributed by atoms with Crippen molar-refractivity contribution in [1.29, 1.82) is 0 Å². The fourth-order valence-corrected chi connectivity index (χ4v) is 3.90. The van der Waals surface area contributed by atoms with Crippen molar-refractivity contribution in [3.8, 4) is 0 Å². The van der Waals surface area contributed by atoms with Gasteiger partial charge < -0.3 is 5.32 Å². The van der Waals surface area contributed by atoms with Crippen LogP contribution in [0.3, 0.4) is 0 Å². The molecule has 1 saturated heterocycles. The molecule has 1 nitrogen and oxygen atoms in total. The lowest BCUT2D eigenvalue weighted by Crippen LogP contribution is -2.38. The van der Waals surface area contributed by atoms with E-state index in [1.807, 2.05) is 0 Å². The molecule has 2 rings (SSSR count). The first-order valence-electron chi connectivity index (χ1n) is 5.85. The first-order valence-corrected chi connectivity index (χ1v) is 7.00. The third-order valence-electron chi connectivity index (χ3n) is 3.59. The average molecular weight is 213 g/mol. The van der Waals surface area contributed by atoms with Crippen molar-refractivity contribution < 1.29 is 0 Å². The predicted octanol–water partition coefficient (Wildman–Crippen LogP) is 2.91. The van der Waals surface area contributed by atoms with Crippen LogP contribution in [0.2, 0.25) is 0 Å². The van der Waals surface area contributed by atoms with E-state index in [4.69, 9.17) is 0 Å². The molecule has 1 N–H and O–H groups in total. The number of thioether (sulfide) groups is 1. The molecule has 0 bridgehead atoms. The molecule has 2 unspecified atom stereocenters. The van der Waals surface area contributed by atoms with E-state index in [0.29, 0.717) is 5.54 Å². The molecule has 1 aliphatic carbocycles. The molecule has 82 valence electrons. The molecule has 0 aromatic heterocycles. The van der Waals surface area contributed by atoms with Gasteiger partial charge in [0.2, 0.25) is 0 Å². The third-order valence-corrected chi connectivity index (χ3v) is 4.95. The normalized spacial score (nSPS) is 37.5. The largest absolute Gasteiger partial charge is 0.312 e. The van der Waals surface area contributed by atoms with Gasteiger partial charge in [0, 0.05) is 5.54 Å². The van der Waals surface area contributed by atoms with Crippen molar-refractivity contribution in [2.75, 3.05) is 18.1 Å².